The molecule has 0 aliphatic carbocycles. The van der Waals surface area contributed by atoms with Crippen LogP contribution in [0.1, 0.15) is 5.56 Å². The third kappa shape index (κ3) is 3.67. The second-order valence-electron chi connectivity index (χ2n) is 3.33. The maximum absolute atomic E-state index is 6.07. The fourth-order valence-corrected chi connectivity index (χ4v) is 2.65. The van der Waals surface area contributed by atoms with E-state index in [-0.39, 0.29) is 0 Å². The number of aromatic amines is 1. The molecule has 1 aromatic heterocycles. The summed E-state index contributed by atoms with van der Waals surface area (Å²) in [7, 11) is 0. The number of hydrogen-bond acceptors (Lipinski definition) is 4. The Hall–Kier alpha value is -0.620. The van der Waals surface area contributed by atoms with Crippen LogP contribution in [0.3, 0.4) is 0 Å². The molecule has 0 atom stereocenters. The van der Waals surface area contributed by atoms with Crippen LogP contribution in [0, 0.1) is 3.95 Å². The summed E-state index contributed by atoms with van der Waals surface area (Å²) in [4.78, 5) is 0. The number of benzene rings is 1. The van der Waals surface area contributed by atoms with E-state index in [1.54, 1.807) is 6.07 Å². The molecule has 0 radical (unpaired) electrons. The lowest BCUT2D eigenvalue weighted by Crippen LogP contribution is -2.04. The molecule has 1 aromatic carbocycles. The lowest BCUT2D eigenvalue weighted by atomic mass is 10.1. The molecule has 0 saturated heterocycles. The van der Waals surface area contributed by atoms with Gasteiger partial charge in [0.25, 0.3) is 0 Å². The van der Waals surface area contributed by atoms with E-state index in [1.165, 1.54) is 11.3 Å². The zero-order valence-corrected chi connectivity index (χ0v) is 11.8. The van der Waals surface area contributed by atoms with Gasteiger partial charge in [0, 0.05) is 16.6 Å². The van der Waals surface area contributed by atoms with Crippen LogP contribution in [0.15, 0.2) is 18.2 Å². The Morgan fingerprint density at radius 2 is 2.24 bits per heavy atom. The Balaban J connectivity index is 1.92. The lowest BCUT2D eigenvalue weighted by Gasteiger charge is -2.05. The third-order valence-corrected chi connectivity index (χ3v) is 3.76. The van der Waals surface area contributed by atoms with Crippen LogP contribution in [0.2, 0.25) is 10.0 Å². The average Bonchev–Trinajstić information content (AvgIpc) is 2.68. The minimum Gasteiger partial charge on any atom is -0.360 e. The highest BCUT2D eigenvalue weighted by atomic mass is 35.5. The molecule has 3 nitrogen and oxygen atoms in total. The molecule has 1 heterocycles. The molecule has 7 heteroatoms. The predicted molar refractivity (Wildman–Crippen MR) is 76.0 cm³/mol. The van der Waals surface area contributed by atoms with Gasteiger partial charge in [-0.1, -0.05) is 40.6 Å². The molecule has 0 aliphatic heterocycles. The molecule has 90 valence electrons. The molecule has 2 rings (SSSR count). The summed E-state index contributed by atoms with van der Waals surface area (Å²) in [5, 5.41) is 12.0. The molecule has 0 amide bonds. The second-order valence-corrected chi connectivity index (χ2v) is 5.84. The Kier molecular flexibility index (Phi) is 4.39. The van der Waals surface area contributed by atoms with Gasteiger partial charge in [0.2, 0.25) is 5.13 Å². The molecule has 0 spiro atoms. The van der Waals surface area contributed by atoms with Gasteiger partial charge >= 0.3 is 0 Å². The zero-order chi connectivity index (χ0) is 12.3. The van der Waals surface area contributed by atoms with Crippen molar-refractivity contribution in [2.24, 2.45) is 0 Å². The van der Waals surface area contributed by atoms with Crippen LogP contribution < -0.4 is 5.32 Å². The highest BCUT2D eigenvalue weighted by Gasteiger charge is 2.02. The molecule has 17 heavy (non-hydrogen) atoms. The first-order valence-corrected chi connectivity index (χ1v) is 6.86. The zero-order valence-electron chi connectivity index (χ0n) is 8.67. The van der Waals surface area contributed by atoms with Gasteiger partial charge < -0.3 is 5.32 Å². The fourth-order valence-electron chi connectivity index (χ4n) is 1.33. The number of nitrogens with one attached hydrogen (secondary N) is 2. The van der Waals surface area contributed by atoms with Gasteiger partial charge in [-0.3, -0.25) is 5.10 Å². The van der Waals surface area contributed by atoms with Gasteiger partial charge in [-0.15, -0.1) is 5.10 Å². The van der Waals surface area contributed by atoms with E-state index in [0.29, 0.717) is 14.0 Å². The van der Waals surface area contributed by atoms with Crippen molar-refractivity contribution in [2.45, 2.75) is 6.42 Å². The number of rotatable bonds is 4. The molecule has 0 aliphatic rings. The second kappa shape index (κ2) is 5.82. The predicted octanol–water partition coefficient (Wildman–Crippen LogP) is 4.16. The lowest BCUT2D eigenvalue weighted by molar-refractivity contribution is 0.993. The highest BCUT2D eigenvalue weighted by molar-refractivity contribution is 7.73. The van der Waals surface area contributed by atoms with Crippen molar-refractivity contribution in [1.82, 2.24) is 10.2 Å². The van der Waals surface area contributed by atoms with Crippen LogP contribution in [0.4, 0.5) is 5.13 Å². The van der Waals surface area contributed by atoms with Gasteiger partial charge in [-0.2, -0.15) is 0 Å². The summed E-state index contributed by atoms with van der Waals surface area (Å²) in [6, 6.07) is 5.51. The maximum Gasteiger partial charge on any atom is 0.204 e. The number of hydrogen-bond donors (Lipinski definition) is 2. The highest BCUT2D eigenvalue weighted by Crippen LogP contribution is 2.21. The molecule has 2 aromatic rings. The Morgan fingerprint density at radius 1 is 1.41 bits per heavy atom. The molecule has 0 bridgehead atoms. The van der Waals surface area contributed by atoms with Crippen molar-refractivity contribution < 1.29 is 0 Å². The fraction of sp³-hybridized carbons (Fsp3) is 0.200. The number of aromatic nitrogens is 2. The largest absolute Gasteiger partial charge is 0.360 e. The number of anilines is 1. The summed E-state index contributed by atoms with van der Waals surface area (Å²) in [5.74, 6) is 0. The maximum atomic E-state index is 6.07. The smallest absolute Gasteiger partial charge is 0.204 e. The van der Waals surface area contributed by atoms with Crippen LogP contribution in [-0.2, 0) is 6.42 Å². The van der Waals surface area contributed by atoms with Gasteiger partial charge in [0.1, 0.15) is 0 Å². The van der Waals surface area contributed by atoms with Crippen molar-refractivity contribution in [2.75, 3.05) is 11.9 Å². The van der Waals surface area contributed by atoms with Gasteiger partial charge in [0.15, 0.2) is 3.95 Å². The number of H-pyrrole nitrogens is 1. The number of nitrogens with zero attached hydrogens (tertiary/aromatic N) is 1. The van der Waals surface area contributed by atoms with Gasteiger partial charge in [-0.25, -0.2) is 0 Å². The van der Waals surface area contributed by atoms with Crippen molar-refractivity contribution in [3.8, 4) is 0 Å². The van der Waals surface area contributed by atoms with Crippen LogP contribution in [0.5, 0.6) is 0 Å². The Bertz CT molecular complexity index is 565. The molecule has 2 N–H and O–H groups in total. The standard InChI is InChI=1S/C10H9Cl2N3S2/c11-7-2-1-6(8(12)5-7)3-4-13-9-14-15-10(16)17-9/h1-2,5H,3-4H2,(H,13,14)(H,15,16). The van der Waals surface area contributed by atoms with Crippen molar-refractivity contribution in [3.63, 3.8) is 0 Å². The van der Waals surface area contributed by atoms with Gasteiger partial charge in [0.05, 0.1) is 0 Å². The summed E-state index contributed by atoms with van der Waals surface area (Å²) in [6.07, 6.45) is 0.808. The SMILES string of the molecule is S=c1[nH]nc(NCCc2ccc(Cl)cc2Cl)s1. The van der Waals surface area contributed by atoms with Crippen molar-refractivity contribution in [1.29, 1.82) is 0 Å². The molecular formula is C10H9Cl2N3S2. The molecular weight excluding hydrogens is 297 g/mol. The van der Waals surface area contributed by atoms with E-state index >= 15 is 0 Å². The third-order valence-electron chi connectivity index (χ3n) is 2.12. The van der Waals surface area contributed by atoms with E-state index in [9.17, 15) is 0 Å². The molecule has 0 fully saturated rings. The first-order chi connectivity index (χ1) is 8.15. The summed E-state index contributed by atoms with van der Waals surface area (Å²) in [5.41, 5.74) is 1.06. The van der Waals surface area contributed by atoms with Gasteiger partial charge in [-0.05, 0) is 36.3 Å². The van der Waals surface area contributed by atoms with E-state index in [0.717, 1.165) is 23.7 Å². The normalized spacial score (nSPS) is 10.5. The summed E-state index contributed by atoms with van der Waals surface area (Å²) >= 11 is 18.2. The quantitative estimate of drug-likeness (QED) is 0.833. The minimum atomic E-state index is 0.650. The first kappa shape index (κ1) is 12.8. The number of halogens is 2. The van der Waals surface area contributed by atoms with Crippen LogP contribution in [0.25, 0.3) is 0 Å². The summed E-state index contributed by atoms with van der Waals surface area (Å²) < 4.78 is 0.664. The monoisotopic (exact) mass is 305 g/mol. The topological polar surface area (TPSA) is 40.7 Å². The first-order valence-electron chi connectivity index (χ1n) is 4.88. The molecule has 0 unspecified atom stereocenters. The Morgan fingerprint density at radius 3 is 2.88 bits per heavy atom. The van der Waals surface area contributed by atoms with Crippen LogP contribution >= 0.6 is 46.8 Å². The van der Waals surface area contributed by atoms with Crippen molar-refractivity contribution in [3.05, 3.63) is 37.8 Å². The Labute approximate surface area is 118 Å². The van der Waals surface area contributed by atoms with E-state index in [4.69, 9.17) is 35.4 Å². The van der Waals surface area contributed by atoms with Crippen molar-refractivity contribution >= 4 is 51.9 Å². The van der Waals surface area contributed by atoms with E-state index < -0.39 is 0 Å². The average molecular weight is 306 g/mol. The minimum absolute atomic E-state index is 0.650. The van der Waals surface area contributed by atoms with Crippen LogP contribution in [-0.4, -0.2) is 16.7 Å². The summed E-state index contributed by atoms with van der Waals surface area (Å²) in [6.45, 7) is 0.747. The van der Waals surface area contributed by atoms with E-state index in [2.05, 4.69) is 15.5 Å². The van der Waals surface area contributed by atoms with E-state index in [1.807, 2.05) is 12.1 Å². The molecule has 0 saturated carbocycles.